The average molecular weight is 505 g/mol. The van der Waals surface area contributed by atoms with Gasteiger partial charge in [0.15, 0.2) is 0 Å². The molecule has 0 aliphatic carbocycles. The molecule has 6 nitrogen and oxygen atoms in total. The number of rotatable bonds is 2. The maximum atomic E-state index is 12.6. The van der Waals surface area contributed by atoms with Gasteiger partial charge in [-0.05, 0) is 66.0 Å². The van der Waals surface area contributed by atoms with Gasteiger partial charge >= 0.3 is 0 Å². The molecule has 1 heterocycles. The van der Waals surface area contributed by atoms with Crippen molar-refractivity contribution in [1.29, 1.82) is 0 Å². The first-order chi connectivity index (χ1) is 10.8. The first kappa shape index (κ1) is 16.3. The van der Waals surface area contributed by atoms with Crippen LogP contribution in [0.3, 0.4) is 0 Å². The highest BCUT2D eigenvalue weighted by Crippen LogP contribution is 2.46. The first-order valence-corrected chi connectivity index (χ1v) is 8.52. The number of fused-ring (bicyclic) bond motifs is 1. The molecule has 0 unspecified atom stereocenters. The Balaban J connectivity index is 2.25. The number of nitro benzene ring substituents is 1. The number of carbonyl (C=O) groups excluding carboxylic acids is 2. The molecule has 0 N–H and O–H groups in total. The molecule has 0 spiro atoms. The second kappa shape index (κ2) is 5.81. The van der Waals surface area contributed by atoms with Gasteiger partial charge in [0.05, 0.1) is 26.2 Å². The molecule has 0 aromatic heterocycles. The number of benzene rings is 2. The number of anilines is 1. The summed E-state index contributed by atoms with van der Waals surface area (Å²) in [5.74, 6) is -1.05. The monoisotopic (exact) mass is 502 g/mol. The van der Waals surface area contributed by atoms with Gasteiger partial charge in [0, 0.05) is 4.47 Å². The Labute approximate surface area is 155 Å². The van der Waals surface area contributed by atoms with Gasteiger partial charge in [0.25, 0.3) is 17.5 Å². The number of nitro groups is 1. The second-order valence-electron chi connectivity index (χ2n) is 4.60. The fourth-order valence-corrected chi connectivity index (χ4v) is 5.10. The van der Waals surface area contributed by atoms with Crippen LogP contribution >= 0.6 is 47.8 Å². The number of nitrogens with zero attached hydrogens (tertiary/aromatic N) is 2. The average Bonchev–Trinajstić information content (AvgIpc) is 2.72. The minimum Gasteiger partial charge on any atom is -0.268 e. The van der Waals surface area contributed by atoms with Crippen LogP contribution in [0.15, 0.2) is 43.7 Å². The fourth-order valence-electron chi connectivity index (χ4n) is 2.33. The van der Waals surface area contributed by atoms with Crippen LogP contribution < -0.4 is 4.90 Å². The molecule has 0 saturated heterocycles. The Morgan fingerprint density at radius 1 is 0.957 bits per heavy atom. The van der Waals surface area contributed by atoms with Crippen LogP contribution in [0.5, 0.6) is 0 Å². The normalized spacial score (nSPS) is 13.4. The third kappa shape index (κ3) is 2.43. The number of amides is 2. The van der Waals surface area contributed by atoms with Crippen molar-refractivity contribution in [2.75, 3.05) is 4.90 Å². The van der Waals surface area contributed by atoms with E-state index in [2.05, 4.69) is 47.8 Å². The Kier molecular flexibility index (Phi) is 4.11. The van der Waals surface area contributed by atoms with Crippen LogP contribution in [0, 0.1) is 10.1 Å². The van der Waals surface area contributed by atoms with E-state index in [1.54, 1.807) is 24.3 Å². The standard InChI is InChI=1S/C14H5Br3N2O4/c15-8-5-9(16)12(19(22)23)10(17)11(8)18-13(20)6-3-1-2-4-7(6)14(18)21/h1-5H. The molecule has 2 amide bonds. The van der Waals surface area contributed by atoms with Crippen LogP contribution in [-0.2, 0) is 0 Å². The van der Waals surface area contributed by atoms with Gasteiger partial charge in [-0.2, -0.15) is 0 Å². The van der Waals surface area contributed by atoms with E-state index in [4.69, 9.17) is 0 Å². The maximum Gasteiger partial charge on any atom is 0.299 e. The van der Waals surface area contributed by atoms with Crippen LogP contribution in [0.2, 0.25) is 0 Å². The number of hydrogen-bond donors (Lipinski definition) is 0. The fraction of sp³-hybridized carbons (Fsp3) is 0. The highest BCUT2D eigenvalue weighted by Gasteiger charge is 2.40. The third-order valence-electron chi connectivity index (χ3n) is 3.32. The summed E-state index contributed by atoms with van der Waals surface area (Å²) in [6.45, 7) is 0. The molecule has 0 fully saturated rings. The van der Waals surface area contributed by atoms with Crippen molar-refractivity contribution in [2.24, 2.45) is 0 Å². The Bertz CT molecular complexity index is 863. The molecule has 9 heteroatoms. The van der Waals surface area contributed by atoms with Crippen molar-refractivity contribution in [2.45, 2.75) is 0 Å². The number of hydrogen-bond acceptors (Lipinski definition) is 4. The zero-order chi connectivity index (χ0) is 16.9. The van der Waals surface area contributed by atoms with E-state index in [0.29, 0.717) is 4.47 Å². The molecule has 1 aliphatic rings. The van der Waals surface area contributed by atoms with Gasteiger partial charge in [-0.15, -0.1) is 0 Å². The summed E-state index contributed by atoms with van der Waals surface area (Å²) in [6.07, 6.45) is 0. The van der Waals surface area contributed by atoms with E-state index in [9.17, 15) is 19.7 Å². The molecule has 0 bridgehead atoms. The molecule has 0 radical (unpaired) electrons. The largest absolute Gasteiger partial charge is 0.299 e. The zero-order valence-electron chi connectivity index (χ0n) is 11.0. The lowest BCUT2D eigenvalue weighted by molar-refractivity contribution is -0.386. The lowest BCUT2D eigenvalue weighted by atomic mass is 10.1. The van der Waals surface area contributed by atoms with Gasteiger partial charge < -0.3 is 0 Å². The predicted octanol–water partition coefficient (Wildman–Crippen LogP) is 4.68. The van der Waals surface area contributed by atoms with Crippen molar-refractivity contribution in [1.82, 2.24) is 0 Å². The summed E-state index contributed by atoms with van der Waals surface area (Å²) in [6, 6.07) is 7.83. The molecular weight excluding hydrogens is 500 g/mol. The third-order valence-corrected chi connectivity index (χ3v) is 5.28. The summed E-state index contributed by atoms with van der Waals surface area (Å²) < 4.78 is 0.635. The number of imide groups is 1. The van der Waals surface area contributed by atoms with Crippen LogP contribution in [0.4, 0.5) is 11.4 Å². The van der Waals surface area contributed by atoms with E-state index in [1.807, 2.05) is 0 Å². The van der Waals surface area contributed by atoms with Crippen molar-refractivity contribution < 1.29 is 14.5 Å². The second-order valence-corrected chi connectivity index (χ2v) is 7.10. The van der Waals surface area contributed by atoms with E-state index in [1.165, 1.54) is 6.07 Å². The molecule has 116 valence electrons. The van der Waals surface area contributed by atoms with Gasteiger partial charge in [-0.3, -0.25) is 19.7 Å². The Morgan fingerprint density at radius 2 is 1.48 bits per heavy atom. The maximum absolute atomic E-state index is 12.6. The molecule has 2 aromatic rings. The van der Waals surface area contributed by atoms with Gasteiger partial charge in [-0.25, -0.2) is 4.90 Å². The van der Waals surface area contributed by atoms with Crippen molar-refractivity contribution >= 4 is 71.0 Å². The van der Waals surface area contributed by atoms with E-state index in [-0.39, 0.29) is 31.4 Å². The lowest BCUT2D eigenvalue weighted by Crippen LogP contribution is -2.30. The van der Waals surface area contributed by atoms with Gasteiger partial charge in [0.1, 0.15) is 4.47 Å². The minimum atomic E-state index is -0.595. The molecule has 23 heavy (non-hydrogen) atoms. The minimum absolute atomic E-state index is 0.0401. The van der Waals surface area contributed by atoms with Crippen LogP contribution in [0.25, 0.3) is 0 Å². The van der Waals surface area contributed by atoms with E-state index in [0.717, 1.165) is 4.90 Å². The predicted molar refractivity (Wildman–Crippen MR) is 93.8 cm³/mol. The molecule has 2 aromatic carbocycles. The van der Waals surface area contributed by atoms with E-state index < -0.39 is 16.7 Å². The highest BCUT2D eigenvalue weighted by molar-refractivity contribution is 9.11. The quantitative estimate of drug-likeness (QED) is 0.338. The Morgan fingerprint density at radius 3 is 1.96 bits per heavy atom. The topological polar surface area (TPSA) is 80.5 Å². The molecule has 0 saturated carbocycles. The van der Waals surface area contributed by atoms with Crippen LogP contribution in [-0.4, -0.2) is 16.7 Å². The van der Waals surface area contributed by atoms with E-state index >= 15 is 0 Å². The van der Waals surface area contributed by atoms with Crippen molar-refractivity contribution in [3.05, 3.63) is 65.0 Å². The number of carbonyl (C=O) groups is 2. The number of halogens is 3. The highest BCUT2D eigenvalue weighted by atomic mass is 79.9. The molecular formula is C14H5Br3N2O4. The smallest absolute Gasteiger partial charge is 0.268 e. The Hall–Kier alpha value is -1.58. The van der Waals surface area contributed by atoms with Crippen molar-refractivity contribution in [3.63, 3.8) is 0 Å². The SMILES string of the molecule is O=C1c2ccccc2C(=O)N1c1c(Br)cc(Br)c([N+](=O)[O-])c1Br. The summed E-state index contributed by atoms with van der Waals surface area (Å²) in [5, 5.41) is 11.2. The van der Waals surface area contributed by atoms with Gasteiger partial charge in [-0.1, -0.05) is 12.1 Å². The summed E-state index contributed by atoms with van der Waals surface area (Å²) in [5.41, 5.74) is 0.370. The summed E-state index contributed by atoms with van der Waals surface area (Å²) in [4.78, 5) is 36.7. The van der Waals surface area contributed by atoms with Crippen LogP contribution in [0.1, 0.15) is 20.7 Å². The first-order valence-electron chi connectivity index (χ1n) is 6.14. The van der Waals surface area contributed by atoms with Crippen molar-refractivity contribution in [3.8, 4) is 0 Å². The van der Waals surface area contributed by atoms with Gasteiger partial charge in [0.2, 0.25) is 0 Å². The summed E-state index contributed by atoms with van der Waals surface area (Å²) >= 11 is 9.52. The zero-order valence-corrected chi connectivity index (χ0v) is 15.8. The molecule has 3 rings (SSSR count). The molecule has 1 aliphatic heterocycles. The summed E-state index contributed by atoms with van der Waals surface area (Å²) in [7, 11) is 0. The lowest BCUT2D eigenvalue weighted by Gasteiger charge is -2.18. The molecule has 0 atom stereocenters.